The number of anilines is 3. The zero-order valence-corrected chi connectivity index (χ0v) is 24.5. The highest BCUT2D eigenvalue weighted by Gasteiger charge is 2.42. The van der Waals surface area contributed by atoms with Crippen molar-refractivity contribution in [2.75, 3.05) is 42.7 Å². The number of nitrogens with zero attached hydrogens (tertiary/aromatic N) is 5. The number of likely N-dealkylation sites (tertiary alicyclic amines) is 1. The fourth-order valence-electron chi connectivity index (χ4n) is 6.28. The van der Waals surface area contributed by atoms with Crippen molar-refractivity contribution in [3.05, 3.63) is 46.5 Å². The number of hydrogen-bond donors (Lipinski definition) is 1. The van der Waals surface area contributed by atoms with Crippen LogP contribution in [0.15, 0.2) is 35.4 Å². The van der Waals surface area contributed by atoms with E-state index in [1.807, 2.05) is 11.0 Å². The van der Waals surface area contributed by atoms with Crippen molar-refractivity contribution in [1.82, 2.24) is 19.8 Å². The second kappa shape index (κ2) is 10.2. The largest absolute Gasteiger partial charge is 0.420 e. The Kier molecular flexibility index (Phi) is 6.70. The Labute approximate surface area is 245 Å². The Morgan fingerprint density at radius 3 is 2.61 bits per heavy atom. The predicted molar refractivity (Wildman–Crippen MR) is 156 cm³/mol. The Morgan fingerprint density at radius 1 is 1.10 bits per heavy atom. The van der Waals surface area contributed by atoms with Crippen LogP contribution >= 0.6 is 23.1 Å². The number of benzene rings is 1. The summed E-state index contributed by atoms with van der Waals surface area (Å²) < 4.78 is 42.3. The summed E-state index contributed by atoms with van der Waals surface area (Å²) >= 11 is 2.61. The van der Waals surface area contributed by atoms with Gasteiger partial charge < -0.3 is 15.1 Å². The average Bonchev–Trinajstić information content (AvgIpc) is 3.45. The lowest BCUT2D eigenvalue weighted by atomic mass is 10.1. The molecule has 12 heteroatoms. The van der Waals surface area contributed by atoms with Gasteiger partial charge in [0.2, 0.25) is 5.95 Å². The van der Waals surface area contributed by atoms with Crippen molar-refractivity contribution in [3.63, 3.8) is 0 Å². The number of likely N-dealkylation sites (N-methyl/N-ethyl adjacent to an activating group) is 1. The summed E-state index contributed by atoms with van der Waals surface area (Å²) in [6, 6.07) is 9.24. The summed E-state index contributed by atoms with van der Waals surface area (Å²) in [4.78, 5) is 30.0. The monoisotopic (exact) mass is 600 g/mol. The molecule has 3 aliphatic heterocycles. The Bertz CT molecular complexity index is 1500. The maximum Gasteiger partial charge on any atom is 0.420 e. The Morgan fingerprint density at radius 2 is 1.93 bits per heavy atom. The van der Waals surface area contributed by atoms with Gasteiger partial charge in [0.05, 0.1) is 10.6 Å². The number of fused-ring (bicyclic) bond motifs is 3. The summed E-state index contributed by atoms with van der Waals surface area (Å²) in [7, 11) is 2.18. The Balaban J connectivity index is 1.20. The van der Waals surface area contributed by atoms with E-state index in [9.17, 15) is 18.0 Å². The molecule has 216 valence electrons. The quantitative estimate of drug-likeness (QED) is 0.365. The van der Waals surface area contributed by atoms with Crippen LogP contribution in [-0.4, -0.2) is 76.2 Å². The molecule has 5 heterocycles. The van der Waals surface area contributed by atoms with Crippen LogP contribution < -0.4 is 10.2 Å². The summed E-state index contributed by atoms with van der Waals surface area (Å²) in [5, 5.41) is 3.19. The molecule has 1 amide bonds. The first-order chi connectivity index (χ1) is 19.7. The van der Waals surface area contributed by atoms with Gasteiger partial charge in [-0.3, -0.25) is 9.69 Å². The van der Waals surface area contributed by atoms with E-state index in [0.717, 1.165) is 71.8 Å². The van der Waals surface area contributed by atoms with E-state index in [4.69, 9.17) is 0 Å². The lowest BCUT2D eigenvalue weighted by molar-refractivity contribution is -0.137. The van der Waals surface area contributed by atoms with Crippen LogP contribution in [0.2, 0.25) is 0 Å². The molecule has 1 N–H and O–H groups in total. The van der Waals surface area contributed by atoms with Crippen LogP contribution in [0.4, 0.5) is 30.5 Å². The van der Waals surface area contributed by atoms with Gasteiger partial charge in [0.1, 0.15) is 10.4 Å². The molecule has 0 spiro atoms. The van der Waals surface area contributed by atoms with E-state index in [0.29, 0.717) is 28.4 Å². The third-order valence-electron chi connectivity index (χ3n) is 8.62. The van der Waals surface area contributed by atoms with Crippen molar-refractivity contribution in [3.8, 4) is 10.6 Å². The van der Waals surface area contributed by atoms with Crippen LogP contribution in [0.25, 0.3) is 10.6 Å². The van der Waals surface area contributed by atoms with Gasteiger partial charge in [-0.1, -0.05) is 6.92 Å². The molecule has 2 atom stereocenters. The van der Waals surface area contributed by atoms with Crippen LogP contribution in [0.5, 0.6) is 0 Å². The molecule has 7 rings (SSSR count). The molecular formula is C29H31F3N6OS2. The number of alkyl halides is 3. The van der Waals surface area contributed by atoms with Crippen LogP contribution in [0, 0.1) is 0 Å². The number of aromatic nitrogens is 2. The number of aryl methyl sites for hydroxylation is 1. The van der Waals surface area contributed by atoms with Crippen LogP contribution in [-0.2, 0) is 12.6 Å². The lowest BCUT2D eigenvalue weighted by Crippen LogP contribution is -2.44. The number of carbonyl (C=O) groups excluding carboxylic acids is 1. The minimum atomic E-state index is -4.63. The zero-order valence-electron chi connectivity index (χ0n) is 22.9. The van der Waals surface area contributed by atoms with Gasteiger partial charge in [0, 0.05) is 66.0 Å². The summed E-state index contributed by atoms with van der Waals surface area (Å²) in [5.74, 6) is 0.731. The smallest absolute Gasteiger partial charge is 0.366 e. The van der Waals surface area contributed by atoms with Crippen molar-refractivity contribution in [2.24, 2.45) is 0 Å². The van der Waals surface area contributed by atoms with E-state index in [1.54, 1.807) is 6.07 Å². The Hall–Kier alpha value is -2.83. The number of rotatable bonds is 6. The number of piperazine rings is 1. The molecule has 0 unspecified atom stereocenters. The molecule has 2 saturated heterocycles. The van der Waals surface area contributed by atoms with Gasteiger partial charge in [-0.15, -0.1) is 23.1 Å². The first kappa shape index (κ1) is 27.0. The fourth-order valence-corrected chi connectivity index (χ4v) is 8.60. The minimum absolute atomic E-state index is 0.0877. The lowest BCUT2D eigenvalue weighted by Gasteiger charge is -2.34. The van der Waals surface area contributed by atoms with Gasteiger partial charge in [0.15, 0.2) is 0 Å². The molecule has 2 bridgehead atoms. The molecule has 1 aliphatic carbocycles. The van der Waals surface area contributed by atoms with Crippen LogP contribution in [0.1, 0.15) is 47.0 Å². The van der Waals surface area contributed by atoms with Gasteiger partial charge in [-0.2, -0.15) is 13.2 Å². The molecule has 0 radical (unpaired) electrons. The first-order valence-electron chi connectivity index (χ1n) is 14.1. The number of thioether (sulfide) groups is 1. The number of carbonyl (C=O) groups is 1. The zero-order chi connectivity index (χ0) is 28.5. The molecule has 1 aromatic carbocycles. The van der Waals surface area contributed by atoms with Gasteiger partial charge >= 0.3 is 6.18 Å². The molecule has 3 fully saturated rings. The third kappa shape index (κ3) is 4.97. The van der Waals surface area contributed by atoms with E-state index >= 15 is 0 Å². The highest BCUT2D eigenvalue weighted by molar-refractivity contribution is 7.99. The number of nitrogens with one attached hydrogen (secondary N) is 1. The fraction of sp³-hybridized carbons (Fsp3) is 0.483. The van der Waals surface area contributed by atoms with Crippen molar-refractivity contribution < 1.29 is 18.0 Å². The van der Waals surface area contributed by atoms with Crippen LogP contribution in [0.3, 0.4) is 0 Å². The first-order valence-corrected chi connectivity index (χ1v) is 15.9. The second-order valence-electron chi connectivity index (χ2n) is 11.3. The number of amides is 1. The molecular weight excluding hydrogens is 569 g/mol. The van der Waals surface area contributed by atoms with Crippen molar-refractivity contribution in [1.29, 1.82) is 0 Å². The molecule has 3 aromatic rings. The van der Waals surface area contributed by atoms with Gasteiger partial charge in [0.25, 0.3) is 5.91 Å². The summed E-state index contributed by atoms with van der Waals surface area (Å²) in [5.41, 5.74) is 1.89. The minimum Gasteiger partial charge on any atom is -0.366 e. The maximum atomic E-state index is 14.1. The third-order valence-corrected chi connectivity index (χ3v) is 10.9. The van der Waals surface area contributed by atoms with Gasteiger partial charge in [-0.05, 0) is 62.6 Å². The molecule has 2 aromatic heterocycles. The summed E-state index contributed by atoms with van der Waals surface area (Å²) in [6.07, 6.45) is 0.111. The van der Waals surface area contributed by atoms with Crippen molar-refractivity contribution in [2.45, 2.75) is 61.8 Å². The normalized spacial score (nSPS) is 22.8. The summed E-state index contributed by atoms with van der Waals surface area (Å²) in [6.45, 7) is 4.79. The standard InChI is InChI=1S/C29H31F3N6OS2/c1-3-16-10-18(38-15-19-11-20(38)14-36(19)2)6-7-22(16)34-28-33-13-21(29(30,31)32)25(35-28)23-12-24-26(41-23)27(39)37(8-9-40-24)17-4-5-17/h6-7,10,12-13,17,19-20H,3-5,8-9,11,14-15H2,1-2H3,(H,33,34,35)/t19-,20-/m0/s1. The SMILES string of the molecule is CCc1cc(N2C[C@@H]3C[C@H]2CN3C)ccc1Nc1ncc(C(F)(F)F)c(-c2cc3c(s2)C(=O)N(C2CC2)CCS3)n1. The molecule has 1 saturated carbocycles. The number of halogens is 3. The molecule has 41 heavy (non-hydrogen) atoms. The number of hydrogen-bond acceptors (Lipinski definition) is 8. The topological polar surface area (TPSA) is 64.6 Å². The highest BCUT2D eigenvalue weighted by atomic mass is 32.2. The van der Waals surface area contributed by atoms with E-state index in [2.05, 4.69) is 51.2 Å². The maximum absolute atomic E-state index is 14.1. The highest BCUT2D eigenvalue weighted by Crippen LogP contribution is 2.44. The van der Waals surface area contributed by atoms with E-state index < -0.39 is 11.7 Å². The van der Waals surface area contributed by atoms with Gasteiger partial charge in [-0.25, -0.2) is 9.97 Å². The molecule has 7 nitrogen and oxygen atoms in total. The van der Waals surface area contributed by atoms with Crippen molar-refractivity contribution >= 4 is 46.3 Å². The average molecular weight is 601 g/mol. The number of thiophene rings is 1. The molecule has 4 aliphatic rings. The second-order valence-corrected chi connectivity index (χ2v) is 13.5. The van der Waals surface area contributed by atoms with E-state index in [-0.39, 0.29) is 23.6 Å². The predicted octanol–water partition coefficient (Wildman–Crippen LogP) is 6.13. The van der Waals surface area contributed by atoms with E-state index in [1.165, 1.54) is 23.9 Å².